The summed E-state index contributed by atoms with van der Waals surface area (Å²) in [5, 5.41) is 3.00. The summed E-state index contributed by atoms with van der Waals surface area (Å²) < 4.78 is 11.5. The van der Waals surface area contributed by atoms with Gasteiger partial charge in [0.15, 0.2) is 11.5 Å². The van der Waals surface area contributed by atoms with E-state index in [1.165, 1.54) is 0 Å². The number of rotatable bonds is 8. The highest BCUT2D eigenvalue weighted by Gasteiger charge is 2.12. The molecule has 0 bridgehead atoms. The van der Waals surface area contributed by atoms with Crippen LogP contribution >= 0.6 is 27.7 Å². The quantitative estimate of drug-likeness (QED) is 0.732. The maximum Gasteiger partial charge on any atom is 0.230 e. The van der Waals surface area contributed by atoms with Gasteiger partial charge in [0, 0.05) is 16.3 Å². The summed E-state index contributed by atoms with van der Waals surface area (Å²) >= 11 is 5.10. The van der Waals surface area contributed by atoms with E-state index in [1.807, 2.05) is 19.1 Å². The van der Waals surface area contributed by atoms with Crippen LogP contribution in [-0.2, 0) is 10.5 Å². The van der Waals surface area contributed by atoms with Crippen molar-refractivity contribution >= 4 is 33.6 Å². The molecule has 1 amide bonds. The first-order chi connectivity index (χ1) is 10.4. The molecule has 0 fully saturated rings. The highest BCUT2D eigenvalue weighted by molar-refractivity contribution is 9.10. The molecule has 0 aliphatic rings. The molecule has 4 nitrogen and oxygen atoms in total. The van der Waals surface area contributed by atoms with Crippen LogP contribution in [0.1, 0.15) is 26.3 Å². The fourth-order valence-corrected chi connectivity index (χ4v) is 3.20. The van der Waals surface area contributed by atoms with Crippen LogP contribution < -0.4 is 14.8 Å². The van der Waals surface area contributed by atoms with Gasteiger partial charge < -0.3 is 14.8 Å². The number of hydrogen-bond acceptors (Lipinski definition) is 4. The average Bonchev–Trinajstić information content (AvgIpc) is 2.48. The predicted molar refractivity (Wildman–Crippen MR) is 95.9 cm³/mol. The Labute approximate surface area is 145 Å². The van der Waals surface area contributed by atoms with Gasteiger partial charge >= 0.3 is 0 Å². The van der Waals surface area contributed by atoms with E-state index < -0.39 is 0 Å². The summed E-state index contributed by atoms with van der Waals surface area (Å²) in [5.41, 5.74) is 1.08. The summed E-state index contributed by atoms with van der Waals surface area (Å²) in [5.74, 6) is 3.06. The van der Waals surface area contributed by atoms with Crippen molar-refractivity contribution in [3.8, 4) is 11.5 Å². The summed E-state index contributed by atoms with van der Waals surface area (Å²) in [6, 6.07) is 4.01. The second-order valence-electron chi connectivity index (χ2n) is 5.39. The molecule has 1 aromatic rings. The number of methoxy groups -OCH3 is 2. The minimum atomic E-state index is 0.0720. The van der Waals surface area contributed by atoms with E-state index in [0.29, 0.717) is 23.2 Å². The Morgan fingerprint density at radius 2 is 1.82 bits per heavy atom. The Hall–Kier alpha value is -0.880. The molecule has 0 saturated carbocycles. The van der Waals surface area contributed by atoms with E-state index in [0.717, 1.165) is 15.8 Å². The zero-order chi connectivity index (χ0) is 16.7. The smallest absolute Gasteiger partial charge is 0.230 e. The maximum atomic E-state index is 11.9. The lowest BCUT2D eigenvalue weighted by Gasteiger charge is -2.17. The van der Waals surface area contributed by atoms with Gasteiger partial charge in [-0.25, -0.2) is 0 Å². The summed E-state index contributed by atoms with van der Waals surface area (Å²) in [6.45, 7) is 6.22. The topological polar surface area (TPSA) is 47.6 Å². The van der Waals surface area contributed by atoms with Crippen LogP contribution in [-0.4, -0.2) is 31.9 Å². The molecule has 0 heterocycles. The van der Waals surface area contributed by atoms with Crippen molar-refractivity contribution in [3.05, 3.63) is 22.2 Å². The number of thioether (sulfide) groups is 1. The summed E-state index contributed by atoms with van der Waals surface area (Å²) in [7, 11) is 3.22. The molecule has 0 saturated heterocycles. The lowest BCUT2D eigenvalue weighted by Crippen LogP contribution is -2.37. The molecule has 1 atom stereocenters. The SMILES string of the molecule is COc1cc(Br)c(CSCC(=O)N[C@@H](C)C(C)C)cc1OC. The van der Waals surface area contributed by atoms with Gasteiger partial charge in [0.25, 0.3) is 0 Å². The van der Waals surface area contributed by atoms with E-state index in [4.69, 9.17) is 9.47 Å². The Morgan fingerprint density at radius 3 is 2.36 bits per heavy atom. The maximum absolute atomic E-state index is 11.9. The van der Waals surface area contributed by atoms with Crippen LogP contribution in [0.15, 0.2) is 16.6 Å². The Bertz CT molecular complexity index is 508. The number of carbonyl (C=O) groups is 1. The largest absolute Gasteiger partial charge is 0.493 e. The molecule has 0 spiro atoms. The van der Waals surface area contributed by atoms with Gasteiger partial charge in [0.2, 0.25) is 5.91 Å². The minimum Gasteiger partial charge on any atom is -0.493 e. The molecule has 0 aliphatic carbocycles. The normalized spacial score (nSPS) is 12.1. The lowest BCUT2D eigenvalue weighted by molar-refractivity contribution is -0.119. The summed E-state index contributed by atoms with van der Waals surface area (Å²) in [4.78, 5) is 11.9. The zero-order valence-electron chi connectivity index (χ0n) is 13.7. The molecule has 1 N–H and O–H groups in total. The monoisotopic (exact) mass is 389 g/mol. The Balaban J connectivity index is 2.56. The third-order valence-corrected chi connectivity index (χ3v) is 5.15. The van der Waals surface area contributed by atoms with Crippen LogP contribution in [0.3, 0.4) is 0 Å². The van der Waals surface area contributed by atoms with Crippen molar-refractivity contribution < 1.29 is 14.3 Å². The summed E-state index contributed by atoms with van der Waals surface area (Å²) in [6.07, 6.45) is 0. The van der Waals surface area contributed by atoms with Crippen LogP contribution in [0.25, 0.3) is 0 Å². The fraction of sp³-hybridized carbons (Fsp3) is 0.562. The second kappa shape index (κ2) is 9.30. The molecular formula is C16H24BrNO3S. The third-order valence-electron chi connectivity index (χ3n) is 3.43. The van der Waals surface area contributed by atoms with Gasteiger partial charge in [0.1, 0.15) is 0 Å². The molecule has 0 radical (unpaired) electrons. The molecular weight excluding hydrogens is 366 g/mol. The number of carbonyl (C=O) groups excluding carboxylic acids is 1. The van der Waals surface area contributed by atoms with Crippen LogP contribution in [0, 0.1) is 5.92 Å². The zero-order valence-corrected chi connectivity index (χ0v) is 16.1. The number of ether oxygens (including phenoxy) is 2. The van der Waals surface area contributed by atoms with Crippen molar-refractivity contribution in [3.63, 3.8) is 0 Å². The van der Waals surface area contributed by atoms with Crippen LogP contribution in [0.2, 0.25) is 0 Å². The molecule has 124 valence electrons. The van der Waals surface area contributed by atoms with Gasteiger partial charge in [-0.15, -0.1) is 11.8 Å². The van der Waals surface area contributed by atoms with Crippen LogP contribution in [0.4, 0.5) is 0 Å². The van der Waals surface area contributed by atoms with Gasteiger partial charge in [0.05, 0.1) is 20.0 Å². The van der Waals surface area contributed by atoms with Crippen molar-refractivity contribution in [1.82, 2.24) is 5.32 Å². The predicted octanol–water partition coefficient (Wildman–Crippen LogP) is 3.86. The highest BCUT2D eigenvalue weighted by Crippen LogP contribution is 2.34. The fourth-order valence-electron chi connectivity index (χ4n) is 1.72. The standard InChI is InChI=1S/C16H24BrNO3S/c1-10(2)11(3)18-16(19)9-22-8-12-6-14(20-4)15(21-5)7-13(12)17/h6-7,10-11H,8-9H2,1-5H3,(H,18,19)/t11-/m0/s1. The molecule has 1 rings (SSSR count). The van der Waals surface area contributed by atoms with Gasteiger partial charge in [-0.1, -0.05) is 29.8 Å². The highest BCUT2D eigenvalue weighted by atomic mass is 79.9. The first-order valence-electron chi connectivity index (χ1n) is 7.16. The van der Waals surface area contributed by atoms with E-state index >= 15 is 0 Å². The lowest BCUT2D eigenvalue weighted by atomic mass is 10.1. The third kappa shape index (κ3) is 5.72. The number of nitrogens with one attached hydrogen (secondary N) is 1. The number of halogens is 1. The van der Waals surface area contributed by atoms with Gasteiger partial charge in [-0.05, 0) is 30.5 Å². The van der Waals surface area contributed by atoms with Crippen LogP contribution in [0.5, 0.6) is 11.5 Å². The van der Waals surface area contributed by atoms with E-state index in [-0.39, 0.29) is 11.9 Å². The Kier molecular flexibility index (Phi) is 8.10. The van der Waals surface area contributed by atoms with Crippen molar-refractivity contribution in [1.29, 1.82) is 0 Å². The molecule has 1 aromatic carbocycles. The first-order valence-corrected chi connectivity index (χ1v) is 9.11. The van der Waals surface area contributed by atoms with Gasteiger partial charge in [-0.2, -0.15) is 0 Å². The number of benzene rings is 1. The van der Waals surface area contributed by atoms with Crippen molar-refractivity contribution in [2.45, 2.75) is 32.6 Å². The van der Waals surface area contributed by atoms with E-state index in [2.05, 4.69) is 35.1 Å². The molecule has 6 heteroatoms. The van der Waals surface area contributed by atoms with Crippen molar-refractivity contribution in [2.75, 3.05) is 20.0 Å². The number of amides is 1. The molecule has 0 unspecified atom stereocenters. The van der Waals surface area contributed by atoms with Crippen molar-refractivity contribution in [2.24, 2.45) is 5.92 Å². The number of hydrogen-bond donors (Lipinski definition) is 1. The first kappa shape index (κ1) is 19.2. The van der Waals surface area contributed by atoms with Gasteiger partial charge in [-0.3, -0.25) is 4.79 Å². The Morgan fingerprint density at radius 1 is 1.23 bits per heavy atom. The second-order valence-corrected chi connectivity index (χ2v) is 7.23. The molecule has 0 aromatic heterocycles. The average molecular weight is 390 g/mol. The molecule has 0 aliphatic heterocycles. The van der Waals surface area contributed by atoms with E-state index in [1.54, 1.807) is 26.0 Å². The minimum absolute atomic E-state index is 0.0720. The van der Waals surface area contributed by atoms with E-state index in [9.17, 15) is 4.79 Å². The molecule has 22 heavy (non-hydrogen) atoms.